The van der Waals surface area contributed by atoms with E-state index in [2.05, 4.69) is 36.8 Å². The number of hydrogen-bond donors (Lipinski definition) is 2. The van der Waals surface area contributed by atoms with Crippen molar-refractivity contribution in [3.63, 3.8) is 0 Å². The number of aromatic nitrogens is 4. The van der Waals surface area contributed by atoms with Crippen LogP contribution in [0.5, 0.6) is 5.75 Å². The molecule has 4 rings (SSSR count). The normalized spacial score (nSPS) is 10.8. The maximum absolute atomic E-state index is 12.7. The molecule has 2 N–H and O–H groups in total. The Bertz CT molecular complexity index is 1290. The molecule has 0 aliphatic heterocycles. The molecule has 170 valence electrons. The third-order valence-corrected chi connectivity index (χ3v) is 5.36. The second-order valence-electron chi connectivity index (χ2n) is 7.17. The summed E-state index contributed by atoms with van der Waals surface area (Å²) in [6, 6.07) is 10.7. The zero-order valence-corrected chi connectivity index (χ0v) is 19.5. The number of furan rings is 1. The summed E-state index contributed by atoms with van der Waals surface area (Å²) in [5.74, 6) is 0.354. The van der Waals surface area contributed by atoms with Crippen molar-refractivity contribution in [2.75, 3.05) is 5.32 Å². The van der Waals surface area contributed by atoms with E-state index < -0.39 is 5.91 Å². The monoisotopic (exact) mass is 512 g/mol. The number of ether oxygens (including phenoxy) is 1. The van der Waals surface area contributed by atoms with Gasteiger partial charge in [-0.1, -0.05) is 12.1 Å². The summed E-state index contributed by atoms with van der Waals surface area (Å²) in [7, 11) is 3.42. The molecule has 3 aromatic heterocycles. The SMILES string of the molecule is Cn1cc(CNC(=O)c2c(NC(=O)c3ccc(COc4ccccc4Br)o3)cnn2C)cn1. The van der Waals surface area contributed by atoms with Gasteiger partial charge in [-0.15, -0.1) is 0 Å². The number of nitrogens with zero attached hydrogens (tertiary/aromatic N) is 4. The summed E-state index contributed by atoms with van der Waals surface area (Å²) in [6.07, 6.45) is 4.89. The highest BCUT2D eigenvalue weighted by Crippen LogP contribution is 2.25. The van der Waals surface area contributed by atoms with Gasteiger partial charge in [-0.05, 0) is 40.2 Å². The fourth-order valence-electron chi connectivity index (χ4n) is 3.10. The van der Waals surface area contributed by atoms with Crippen molar-refractivity contribution < 1.29 is 18.7 Å². The van der Waals surface area contributed by atoms with Crippen LogP contribution >= 0.6 is 15.9 Å². The highest BCUT2D eigenvalue weighted by atomic mass is 79.9. The lowest BCUT2D eigenvalue weighted by Crippen LogP contribution is -2.26. The number of nitrogens with one attached hydrogen (secondary N) is 2. The van der Waals surface area contributed by atoms with E-state index in [1.165, 1.54) is 10.9 Å². The molecule has 0 spiro atoms. The molecule has 0 fully saturated rings. The molecule has 0 radical (unpaired) electrons. The molecule has 0 aliphatic rings. The van der Waals surface area contributed by atoms with Gasteiger partial charge in [-0.25, -0.2) is 0 Å². The van der Waals surface area contributed by atoms with Gasteiger partial charge in [0.25, 0.3) is 11.8 Å². The lowest BCUT2D eigenvalue weighted by atomic mass is 10.3. The molecule has 3 heterocycles. The van der Waals surface area contributed by atoms with E-state index in [1.54, 1.807) is 43.3 Å². The van der Waals surface area contributed by atoms with Crippen LogP contribution < -0.4 is 15.4 Å². The summed E-state index contributed by atoms with van der Waals surface area (Å²) in [4.78, 5) is 25.4. The Labute approximate surface area is 197 Å². The van der Waals surface area contributed by atoms with Crippen LogP contribution in [-0.2, 0) is 27.2 Å². The Hall–Kier alpha value is -3.86. The Morgan fingerprint density at radius 2 is 1.91 bits per heavy atom. The lowest BCUT2D eigenvalue weighted by molar-refractivity contribution is 0.0942. The molecule has 2 amide bonds. The van der Waals surface area contributed by atoms with Crippen LogP contribution in [0.25, 0.3) is 0 Å². The van der Waals surface area contributed by atoms with Gasteiger partial charge in [0, 0.05) is 32.4 Å². The quantitative estimate of drug-likeness (QED) is 0.374. The molecule has 4 aromatic rings. The molecule has 0 unspecified atom stereocenters. The Balaban J connectivity index is 1.39. The van der Waals surface area contributed by atoms with Crippen LogP contribution in [0.3, 0.4) is 0 Å². The van der Waals surface area contributed by atoms with Crippen LogP contribution in [0.1, 0.15) is 32.4 Å². The van der Waals surface area contributed by atoms with Crippen molar-refractivity contribution in [1.82, 2.24) is 24.9 Å². The van der Waals surface area contributed by atoms with Gasteiger partial charge < -0.3 is 19.8 Å². The third kappa shape index (κ3) is 5.32. The fourth-order valence-corrected chi connectivity index (χ4v) is 3.50. The summed E-state index contributed by atoms with van der Waals surface area (Å²) < 4.78 is 15.2. The van der Waals surface area contributed by atoms with Gasteiger partial charge in [0.2, 0.25) is 0 Å². The van der Waals surface area contributed by atoms with E-state index in [4.69, 9.17) is 9.15 Å². The first-order valence-corrected chi connectivity index (χ1v) is 10.7. The predicted molar refractivity (Wildman–Crippen MR) is 123 cm³/mol. The van der Waals surface area contributed by atoms with E-state index in [0.29, 0.717) is 18.1 Å². The molecule has 0 bridgehead atoms. The standard InChI is InChI=1S/C22H21BrN6O4/c1-28-12-14(10-25-28)9-24-22(31)20-17(11-26-29(20)2)27-21(30)19-8-7-15(33-19)13-32-18-6-4-3-5-16(18)23/h3-8,10-12H,9,13H2,1-2H3,(H,24,31)(H,27,30). The number of carbonyl (C=O) groups is 2. The van der Waals surface area contributed by atoms with E-state index in [-0.39, 0.29) is 29.7 Å². The maximum Gasteiger partial charge on any atom is 0.291 e. The highest BCUT2D eigenvalue weighted by Gasteiger charge is 2.21. The van der Waals surface area contributed by atoms with Crippen LogP contribution in [0.4, 0.5) is 5.69 Å². The van der Waals surface area contributed by atoms with E-state index in [0.717, 1.165) is 10.0 Å². The van der Waals surface area contributed by atoms with E-state index in [1.807, 2.05) is 24.3 Å². The average molecular weight is 513 g/mol. The van der Waals surface area contributed by atoms with Crippen LogP contribution in [0.15, 0.2) is 63.9 Å². The summed E-state index contributed by atoms with van der Waals surface area (Å²) in [6.45, 7) is 0.453. The van der Waals surface area contributed by atoms with Crippen molar-refractivity contribution in [3.8, 4) is 5.75 Å². The first-order valence-electron chi connectivity index (χ1n) is 9.96. The number of amides is 2. The van der Waals surface area contributed by atoms with Crippen molar-refractivity contribution in [3.05, 3.63) is 82.2 Å². The summed E-state index contributed by atoms with van der Waals surface area (Å²) in [5.41, 5.74) is 1.34. The zero-order chi connectivity index (χ0) is 23.4. The van der Waals surface area contributed by atoms with Crippen molar-refractivity contribution in [1.29, 1.82) is 0 Å². The van der Waals surface area contributed by atoms with Crippen LogP contribution in [0.2, 0.25) is 0 Å². The lowest BCUT2D eigenvalue weighted by Gasteiger charge is -2.08. The molecule has 10 nitrogen and oxygen atoms in total. The third-order valence-electron chi connectivity index (χ3n) is 4.71. The average Bonchev–Trinajstić information content (AvgIpc) is 3.52. The zero-order valence-electron chi connectivity index (χ0n) is 17.9. The van der Waals surface area contributed by atoms with E-state index in [9.17, 15) is 9.59 Å². The van der Waals surface area contributed by atoms with Gasteiger partial charge in [-0.3, -0.25) is 19.0 Å². The molecule has 1 aromatic carbocycles. The molecule has 0 atom stereocenters. The van der Waals surface area contributed by atoms with Crippen molar-refractivity contribution >= 4 is 33.4 Å². The second kappa shape index (κ2) is 9.74. The molecular formula is C22H21BrN6O4. The second-order valence-corrected chi connectivity index (χ2v) is 8.03. The number of rotatable bonds is 8. The highest BCUT2D eigenvalue weighted by molar-refractivity contribution is 9.10. The minimum Gasteiger partial charge on any atom is -0.484 e. The predicted octanol–water partition coefficient (Wildman–Crippen LogP) is 3.27. The van der Waals surface area contributed by atoms with Gasteiger partial charge in [0.1, 0.15) is 23.8 Å². The number of benzene rings is 1. The summed E-state index contributed by atoms with van der Waals surface area (Å²) in [5, 5.41) is 13.6. The Kier molecular flexibility index (Phi) is 6.59. The number of para-hydroxylation sites is 1. The fraction of sp³-hybridized carbons (Fsp3) is 0.182. The van der Waals surface area contributed by atoms with E-state index >= 15 is 0 Å². The van der Waals surface area contributed by atoms with Gasteiger partial charge in [0.15, 0.2) is 5.76 Å². The smallest absolute Gasteiger partial charge is 0.291 e. The minimum atomic E-state index is -0.503. The molecular weight excluding hydrogens is 492 g/mol. The van der Waals surface area contributed by atoms with Crippen LogP contribution in [-0.4, -0.2) is 31.4 Å². The van der Waals surface area contributed by atoms with Gasteiger partial charge in [0.05, 0.1) is 22.6 Å². The first-order chi connectivity index (χ1) is 15.9. The van der Waals surface area contributed by atoms with Crippen molar-refractivity contribution in [2.45, 2.75) is 13.2 Å². The number of hydrogen-bond acceptors (Lipinski definition) is 6. The Morgan fingerprint density at radius 3 is 2.67 bits per heavy atom. The van der Waals surface area contributed by atoms with Gasteiger partial charge in [-0.2, -0.15) is 10.2 Å². The summed E-state index contributed by atoms with van der Waals surface area (Å²) >= 11 is 3.42. The topological polar surface area (TPSA) is 116 Å². The van der Waals surface area contributed by atoms with Gasteiger partial charge >= 0.3 is 0 Å². The number of halogens is 1. The molecule has 0 saturated heterocycles. The van der Waals surface area contributed by atoms with Crippen molar-refractivity contribution in [2.24, 2.45) is 14.1 Å². The Morgan fingerprint density at radius 1 is 1.09 bits per heavy atom. The molecule has 0 saturated carbocycles. The molecule has 0 aliphatic carbocycles. The first kappa shape index (κ1) is 22.3. The molecule has 33 heavy (non-hydrogen) atoms. The largest absolute Gasteiger partial charge is 0.484 e. The molecule has 11 heteroatoms. The number of aryl methyl sites for hydroxylation is 2. The number of carbonyl (C=O) groups excluding carboxylic acids is 2. The van der Waals surface area contributed by atoms with Crippen LogP contribution in [0, 0.1) is 0 Å². The maximum atomic E-state index is 12.7. The number of anilines is 1. The minimum absolute atomic E-state index is 0.0892.